The van der Waals surface area contributed by atoms with Gasteiger partial charge in [0.05, 0.1) is 11.2 Å². The Balaban J connectivity index is 1.84. The van der Waals surface area contributed by atoms with E-state index in [1.165, 1.54) is 32.8 Å². The number of nitrogens with zero attached hydrogens (tertiary/aromatic N) is 1. The molecule has 1 nitrogen and oxygen atoms in total. The van der Waals surface area contributed by atoms with E-state index in [4.69, 9.17) is 4.98 Å². The number of fused-ring (bicyclic) bond motifs is 4. The molecule has 5 rings (SSSR count). The van der Waals surface area contributed by atoms with E-state index in [1.807, 2.05) is 0 Å². The second kappa shape index (κ2) is 5.31. The summed E-state index contributed by atoms with van der Waals surface area (Å²) in [5.74, 6) is 0. The molecule has 0 spiro atoms. The molecule has 3 aromatic carbocycles. The second-order valence-electron chi connectivity index (χ2n) is 6.38. The second-order valence-corrected chi connectivity index (χ2v) is 6.38. The molecule has 0 radical (unpaired) electrons. The smallest absolute Gasteiger partial charge is 0.0788 e. The van der Waals surface area contributed by atoms with Gasteiger partial charge in [-0.2, -0.15) is 0 Å². The molecule has 1 heteroatoms. The van der Waals surface area contributed by atoms with Crippen LogP contribution in [0.1, 0.15) is 17.5 Å². The maximum Gasteiger partial charge on any atom is 0.0788 e. The number of allylic oxidation sites excluding steroid dienone is 1. The van der Waals surface area contributed by atoms with Crippen molar-refractivity contribution < 1.29 is 0 Å². The zero-order chi connectivity index (χ0) is 15.9. The predicted octanol–water partition coefficient (Wildman–Crippen LogP) is 6.01. The minimum Gasteiger partial charge on any atom is -0.247 e. The van der Waals surface area contributed by atoms with Crippen LogP contribution in [0.3, 0.4) is 0 Å². The quantitative estimate of drug-likeness (QED) is 0.392. The lowest BCUT2D eigenvalue weighted by Crippen LogP contribution is -1.96. The highest BCUT2D eigenvalue weighted by atomic mass is 14.7. The topological polar surface area (TPSA) is 12.9 Å². The average Bonchev–Trinajstić information content (AvgIpc) is 2.67. The third-order valence-corrected chi connectivity index (χ3v) is 4.90. The van der Waals surface area contributed by atoms with Crippen molar-refractivity contribution >= 4 is 27.8 Å². The lowest BCUT2D eigenvalue weighted by molar-refractivity contribution is 0.986. The standard InChI is InChI=1S/C23H17N/c1-2-8-17-15-18(14-13-16(17)7-1)23-21-11-4-3-9-19(21)20-10-5-6-12-22(20)24-23/h1,3-7,9-15H,2,8H2. The molecule has 0 unspecified atom stereocenters. The van der Waals surface area contributed by atoms with E-state index < -0.39 is 0 Å². The van der Waals surface area contributed by atoms with Crippen LogP contribution in [-0.2, 0) is 6.42 Å². The molecule has 0 bridgehead atoms. The van der Waals surface area contributed by atoms with Crippen LogP contribution < -0.4 is 0 Å². The number of aryl methyl sites for hydroxylation is 1. The third-order valence-electron chi connectivity index (χ3n) is 4.90. The summed E-state index contributed by atoms with van der Waals surface area (Å²) >= 11 is 0. The summed E-state index contributed by atoms with van der Waals surface area (Å²) in [4.78, 5) is 5.00. The fourth-order valence-electron chi connectivity index (χ4n) is 3.71. The highest BCUT2D eigenvalue weighted by Gasteiger charge is 2.12. The van der Waals surface area contributed by atoms with E-state index in [9.17, 15) is 0 Å². The number of aromatic nitrogens is 1. The molecule has 1 aliphatic rings. The van der Waals surface area contributed by atoms with E-state index in [1.54, 1.807) is 0 Å². The Morgan fingerprint density at radius 3 is 2.46 bits per heavy atom. The van der Waals surface area contributed by atoms with Gasteiger partial charge in [0.15, 0.2) is 0 Å². The molecule has 0 fully saturated rings. The van der Waals surface area contributed by atoms with Crippen LogP contribution in [-0.4, -0.2) is 4.98 Å². The van der Waals surface area contributed by atoms with Crippen molar-refractivity contribution in [2.75, 3.05) is 0 Å². The first-order chi connectivity index (χ1) is 11.9. The molecular weight excluding hydrogens is 290 g/mol. The molecule has 0 aliphatic heterocycles. The van der Waals surface area contributed by atoms with Crippen molar-refractivity contribution in [3.8, 4) is 11.3 Å². The molecule has 0 amide bonds. The first-order valence-corrected chi connectivity index (χ1v) is 8.47. The van der Waals surface area contributed by atoms with Crippen molar-refractivity contribution in [1.82, 2.24) is 4.98 Å². The third kappa shape index (κ3) is 2.05. The van der Waals surface area contributed by atoms with Crippen molar-refractivity contribution in [3.05, 3.63) is 83.9 Å². The molecule has 0 atom stereocenters. The number of benzene rings is 3. The molecule has 4 aromatic rings. The number of para-hydroxylation sites is 1. The van der Waals surface area contributed by atoms with Crippen LogP contribution in [0.4, 0.5) is 0 Å². The van der Waals surface area contributed by atoms with Gasteiger partial charge >= 0.3 is 0 Å². The number of pyridine rings is 1. The highest BCUT2D eigenvalue weighted by molar-refractivity contribution is 6.10. The fraction of sp³-hybridized carbons (Fsp3) is 0.0870. The molecule has 114 valence electrons. The minimum absolute atomic E-state index is 1.06. The summed E-state index contributed by atoms with van der Waals surface area (Å²) in [5.41, 5.74) is 6.13. The zero-order valence-electron chi connectivity index (χ0n) is 13.4. The van der Waals surface area contributed by atoms with Crippen LogP contribution in [0.2, 0.25) is 0 Å². The van der Waals surface area contributed by atoms with Crippen LogP contribution >= 0.6 is 0 Å². The van der Waals surface area contributed by atoms with Crippen molar-refractivity contribution in [3.63, 3.8) is 0 Å². The van der Waals surface area contributed by atoms with Gasteiger partial charge in [-0.25, -0.2) is 4.98 Å². The molecular formula is C23H17N. The zero-order valence-corrected chi connectivity index (χ0v) is 13.4. The molecule has 0 saturated carbocycles. The first kappa shape index (κ1) is 13.5. The minimum atomic E-state index is 1.06. The van der Waals surface area contributed by atoms with Gasteiger partial charge in [0.25, 0.3) is 0 Å². The molecule has 1 aromatic heterocycles. The fourth-order valence-corrected chi connectivity index (χ4v) is 3.71. The van der Waals surface area contributed by atoms with E-state index in [2.05, 4.69) is 78.9 Å². The Hall–Kier alpha value is -2.93. The van der Waals surface area contributed by atoms with Gasteiger partial charge in [0.1, 0.15) is 0 Å². The Bertz CT molecular complexity index is 1110. The van der Waals surface area contributed by atoms with Crippen LogP contribution in [0.15, 0.2) is 72.8 Å². The van der Waals surface area contributed by atoms with Gasteiger partial charge in [0.2, 0.25) is 0 Å². The molecule has 1 aliphatic carbocycles. The Morgan fingerprint density at radius 2 is 1.54 bits per heavy atom. The summed E-state index contributed by atoms with van der Waals surface area (Å²) < 4.78 is 0. The lowest BCUT2D eigenvalue weighted by Gasteiger charge is -2.14. The number of hydrogen-bond donors (Lipinski definition) is 0. The van der Waals surface area contributed by atoms with Crippen LogP contribution in [0.5, 0.6) is 0 Å². The SMILES string of the molecule is C1=Cc2ccc(-c3nc4ccccc4c4ccccc34)cc2CC1. The first-order valence-electron chi connectivity index (χ1n) is 8.47. The van der Waals surface area contributed by atoms with Crippen molar-refractivity contribution in [2.45, 2.75) is 12.8 Å². The molecule has 0 saturated heterocycles. The highest BCUT2D eigenvalue weighted by Crippen LogP contribution is 2.33. The van der Waals surface area contributed by atoms with Gasteiger partial charge in [-0.3, -0.25) is 0 Å². The largest absolute Gasteiger partial charge is 0.247 e. The van der Waals surface area contributed by atoms with Crippen molar-refractivity contribution in [1.29, 1.82) is 0 Å². The summed E-state index contributed by atoms with van der Waals surface area (Å²) in [6, 6.07) is 23.8. The van der Waals surface area contributed by atoms with Gasteiger partial charge in [-0.1, -0.05) is 66.7 Å². The average molecular weight is 307 g/mol. The van der Waals surface area contributed by atoms with Crippen LogP contribution in [0.25, 0.3) is 39.0 Å². The lowest BCUT2D eigenvalue weighted by atomic mass is 9.93. The van der Waals surface area contributed by atoms with Gasteiger partial charge in [0, 0.05) is 16.3 Å². The van der Waals surface area contributed by atoms with E-state index in [0.29, 0.717) is 0 Å². The Kier molecular flexibility index (Phi) is 2.99. The van der Waals surface area contributed by atoms with E-state index in [-0.39, 0.29) is 0 Å². The molecule has 24 heavy (non-hydrogen) atoms. The van der Waals surface area contributed by atoms with E-state index >= 15 is 0 Å². The number of hydrogen-bond acceptors (Lipinski definition) is 1. The number of rotatable bonds is 1. The normalized spacial score (nSPS) is 13.3. The van der Waals surface area contributed by atoms with Crippen molar-refractivity contribution in [2.24, 2.45) is 0 Å². The monoisotopic (exact) mass is 307 g/mol. The Labute approximate surface area is 141 Å². The molecule has 0 N–H and O–H groups in total. The summed E-state index contributed by atoms with van der Waals surface area (Å²) in [7, 11) is 0. The predicted molar refractivity (Wildman–Crippen MR) is 102 cm³/mol. The van der Waals surface area contributed by atoms with E-state index in [0.717, 1.165) is 24.1 Å². The maximum atomic E-state index is 5.00. The summed E-state index contributed by atoms with van der Waals surface area (Å²) in [6.45, 7) is 0. The van der Waals surface area contributed by atoms with Gasteiger partial charge in [-0.05, 0) is 41.5 Å². The van der Waals surface area contributed by atoms with Crippen LogP contribution in [0, 0.1) is 0 Å². The van der Waals surface area contributed by atoms with Gasteiger partial charge in [-0.15, -0.1) is 0 Å². The molecule has 1 heterocycles. The van der Waals surface area contributed by atoms with Gasteiger partial charge < -0.3 is 0 Å². The summed E-state index contributed by atoms with van der Waals surface area (Å²) in [6.07, 6.45) is 6.73. The maximum absolute atomic E-state index is 5.00. The Morgan fingerprint density at radius 1 is 0.750 bits per heavy atom. The summed E-state index contributed by atoms with van der Waals surface area (Å²) in [5, 5.41) is 3.72.